The van der Waals surface area contributed by atoms with E-state index < -0.39 is 10.4 Å². The third-order valence-electron chi connectivity index (χ3n) is 0. The molecule has 0 radical (unpaired) electrons. The third-order valence-corrected chi connectivity index (χ3v) is 0. The summed E-state index contributed by atoms with van der Waals surface area (Å²) < 4.78 is 34.1. The predicted octanol–water partition coefficient (Wildman–Crippen LogP) is -1.34. The zero-order valence-corrected chi connectivity index (χ0v) is 6.50. The first-order chi connectivity index (χ1) is 2.00. The van der Waals surface area contributed by atoms with Crippen LogP contribution in [0.2, 0.25) is 0 Å². The first kappa shape index (κ1) is 10.3. The van der Waals surface area contributed by atoms with E-state index in [4.69, 9.17) is 17.5 Å². The van der Waals surface area contributed by atoms with Gasteiger partial charge in [-0.3, -0.25) is 8.42 Å². The van der Waals surface area contributed by atoms with E-state index in [1.54, 1.807) is 0 Å². The van der Waals surface area contributed by atoms with Gasteiger partial charge in [-0.2, -0.15) is 0 Å². The van der Waals surface area contributed by atoms with Crippen LogP contribution in [0.1, 0.15) is 0 Å². The molecule has 0 atom stereocenters. The molecule has 0 unspecified atom stereocenters. The zero-order chi connectivity index (χ0) is 4.50. The average Bonchev–Trinajstić information content (AvgIpc) is 0.722. The van der Waals surface area contributed by atoms with Gasteiger partial charge in [0.15, 0.2) is 0 Å². The Morgan fingerprint density at radius 3 is 1.17 bits per heavy atom. The van der Waals surface area contributed by atoms with Gasteiger partial charge >= 0.3 is 41.7 Å². The van der Waals surface area contributed by atoms with E-state index in [1.165, 1.54) is 0 Å². The van der Waals surface area contributed by atoms with Crippen LogP contribution < -0.4 is 0 Å². The van der Waals surface area contributed by atoms with Crippen LogP contribution in [0.25, 0.3) is 0 Å². The first-order valence-electron chi connectivity index (χ1n) is 0.667. The molecule has 0 heterocycles. The molecule has 0 amide bonds. The van der Waals surface area contributed by atoms with Gasteiger partial charge in [0.25, 0.3) is 0 Å². The van der Waals surface area contributed by atoms with E-state index in [9.17, 15) is 0 Å². The van der Waals surface area contributed by atoms with Crippen molar-refractivity contribution in [3.05, 3.63) is 0 Å². The Balaban J connectivity index is 0. The summed E-state index contributed by atoms with van der Waals surface area (Å²) in [5, 5.41) is 0. The van der Waals surface area contributed by atoms with Gasteiger partial charge in [0, 0.05) is 10.4 Å². The van der Waals surface area contributed by atoms with Crippen LogP contribution in [-0.2, 0) is 10.4 Å². The summed E-state index contributed by atoms with van der Waals surface area (Å²) >= 11 is 0. The van der Waals surface area contributed by atoms with Crippen molar-refractivity contribution in [2.24, 2.45) is 0 Å². The fourth-order valence-electron chi connectivity index (χ4n) is 0. The van der Waals surface area contributed by atoms with Crippen LogP contribution in [0.3, 0.4) is 0 Å². The molecule has 0 aromatic rings. The van der Waals surface area contributed by atoms with Gasteiger partial charge in [0.1, 0.15) is 0 Å². The van der Waals surface area contributed by atoms with E-state index in [2.05, 4.69) is 0 Å². The van der Waals surface area contributed by atoms with E-state index >= 15 is 0 Å². The molecular weight excluding hydrogens is 236 g/mol. The molecule has 6 heteroatoms. The fourth-order valence-corrected chi connectivity index (χ4v) is 0. The van der Waals surface area contributed by atoms with Crippen molar-refractivity contribution in [1.29, 1.82) is 0 Å². The Kier molecular flexibility index (Phi) is 5.61. The van der Waals surface area contributed by atoms with Crippen molar-refractivity contribution in [2.75, 3.05) is 0 Å². The van der Waals surface area contributed by atoms with Crippen molar-refractivity contribution < 1.29 is 59.3 Å². The Morgan fingerprint density at radius 2 is 1.17 bits per heavy atom. The van der Waals surface area contributed by atoms with Gasteiger partial charge in [-0.15, -0.1) is 0 Å². The third kappa shape index (κ3) is 60.9. The van der Waals surface area contributed by atoms with Gasteiger partial charge in [-0.25, -0.2) is 0 Å². The molecule has 0 saturated heterocycles. The van der Waals surface area contributed by atoms with Crippen molar-refractivity contribution >= 4 is 10.4 Å². The molecule has 0 aromatic carbocycles. The largest absolute Gasteiger partial charge is 4.00 e. The van der Waals surface area contributed by atoms with Crippen molar-refractivity contribution in [1.82, 2.24) is 0 Å². The van der Waals surface area contributed by atoms with Crippen LogP contribution >= 0.6 is 0 Å². The average molecular weight is 236 g/mol. The monoisotopic (exact) mass is 236 g/mol. The van der Waals surface area contributed by atoms with Crippen LogP contribution in [0.4, 0.5) is 0 Å². The first-order valence-corrected chi connectivity index (χ1v) is 2.00. The maximum Gasteiger partial charge on any atom is 4.00 e. The summed E-state index contributed by atoms with van der Waals surface area (Å²) in [6.45, 7) is 0. The standard InChI is InChI=1S/Ce.H2O4S/c;1-5(2,3)4/h;(H2,1,2,3,4)/q+4;/p-2. The van der Waals surface area contributed by atoms with Crippen molar-refractivity contribution in [3.63, 3.8) is 0 Å². The summed E-state index contributed by atoms with van der Waals surface area (Å²) in [4.78, 5) is 0. The molecule has 0 aliphatic rings. The molecule has 0 rings (SSSR count). The Labute approximate surface area is 68.9 Å². The molecule has 4 nitrogen and oxygen atoms in total. The Hall–Kier alpha value is 1.25. The topological polar surface area (TPSA) is 80.3 Å². The number of hydrogen-bond donors (Lipinski definition) is 0. The molecule has 0 fully saturated rings. The Morgan fingerprint density at radius 1 is 1.17 bits per heavy atom. The molecule has 0 spiro atoms. The van der Waals surface area contributed by atoms with Gasteiger partial charge in [0.05, 0.1) is 0 Å². The molecule has 6 heavy (non-hydrogen) atoms. The Bertz CT molecular complexity index is 90.7. The minimum Gasteiger partial charge on any atom is -0.759 e. The van der Waals surface area contributed by atoms with Gasteiger partial charge in [-0.1, -0.05) is 0 Å². The minimum atomic E-state index is -5.17. The smallest absolute Gasteiger partial charge is 0.759 e. The summed E-state index contributed by atoms with van der Waals surface area (Å²) in [7, 11) is -5.17. The summed E-state index contributed by atoms with van der Waals surface area (Å²) in [6.07, 6.45) is 0. The molecular formula is CeO4S+2. The second-order valence-corrected chi connectivity index (χ2v) is 1.22. The molecule has 0 N–H and O–H groups in total. The predicted molar refractivity (Wildman–Crippen MR) is 10.5 cm³/mol. The van der Waals surface area contributed by atoms with Crippen molar-refractivity contribution in [3.8, 4) is 0 Å². The molecule has 0 aliphatic carbocycles. The fraction of sp³-hybridized carbons (Fsp3) is 0. The molecule has 0 aromatic heterocycles. The second-order valence-electron chi connectivity index (χ2n) is 0.408. The quantitative estimate of drug-likeness (QED) is 0.385. The molecule has 0 saturated carbocycles. The molecule has 32 valence electrons. The number of rotatable bonds is 0. The maximum absolute atomic E-state index is 8.52. The minimum absolute atomic E-state index is 0. The second kappa shape index (κ2) is 3.27. The van der Waals surface area contributed by atoms with Crippen LogP contribution in [0.5, 0.6) is 0 Å². The zero-order valence-electron chi connectivity index (χ0n) is 2.54. The normalized spacial score (nSPS) is 9.67. The van der Waals surface area contributed by atoms with E-state index in [-0.39, 0.29) is 41.7 Å². The van der Waals surface area contributed by atoms with E-state index in [0.29, 0.717) is 0 Å². The molecule has 0 aliphatic heterocycles. The summed E-state index contributed by atoms with van der Waals surface area (Å²) in [5.41, 5.74) is 0. The molecule has 0 bridgehead atoms. The number of hydrogen-bond acceptors (Lipinski definition) is 4. The van der Waals surface area contributed by atoms with Crippen LogP contribution in [0, 0.1) is 41.7 Å². The van der Waals surface area contributed by atoms with Gasteiger partial charge in [-0.05, 0) is 0 Å². The van der Waals surface area contributed by atoms with Crippen molar-refractivity contribution in [2.45, 2.75) is 0 Å². The summed E-state index contributed by atoms with van der Waals surface area (Å²) in [5.74, 6) is 0. The van der Waals surface area contributed by atoms with E-state index in [1.807, 2.05) is 0 Å². The van der Waals surface area contributed by atoms with Gasteiger partial charge < -0.3 is 9.11 Å². The summed E-state index contributed by atoms with van der Waals surface area (Å²) in [6, 6.07) is 0. The van der Waals surface area contributed by atoms with Crippen LogP contribution in [0.15, 0.2) is 0 Å². The maximum atomic E-state index is 8.52. The van der Waals surface area contributed by atoms with Gasteiger partial charge in [0.2, 0.25) is 0 Å². The SMILES string of the molecule is O=S(=O)([O-])[O-].[Ce+4]. The van der Waals surface area contributed by atoms with E-state index in [0.717, 1.165) is 0 Å². The van der Waals surface area contributed by atoms with Crippen LogP contribution in [-0.4, -0.2) is 17.5 Å².